The van der Waals surface area contributed by atoms with Crippen molar-refractivity contribution in [3.05, 3.63) is 72.1 Å². The van der Waals surface area contributed by atoms with Crippen LogP contribution in [0.4, 0.5) is 0 Å². The van der Waals surface area contributed by atoms with Crippen LogP contribution in [0.2, 0.25) is 0 Å². The molecule has 2 aromatic rings. The number of hydrogen-bond donors (Lipinski definition) is 1. The van der Waals surface area contributed by atoms with E-state index in [1.165, 1.54) is 22.6 Å². The number of aliphatic hydroxyl groups is 1. The summed E-state index contributed by atoms with van der Waals surface area (Å²) in [6.45, 7) is 0. The van der Waals surface area contributed by atoms with E-state index in [1.54, 1.807) is 23.5 Å². The quantitative estimate of drug-likeness (QED) is 0.419. The lowest BCUT2D eigenvalue weighted by Gasteiger charge is -2.34. The number of hydrogen-bond acceptors (Lipinski definition) is 3. The SMILES string of the molecule is O[C@]1(CSc2ccccc2)CCCCC[C@@H]1C/C=C/Sc1ccccc1. The number of thioether (sulfide) groups is 2. The van der Waals surface area contributed by atoms with Gasteiger partial charge in [0.1, 0.15) is 0 Å². The van der Waals surface area contributed by atoms with Gasteiger partial charge in [-0.05, 0) is 54.9 Å². The van der Waals surface area contributed by atoms with Crippen molar-refractivity contribution < 1.29 is 5.11 Å². The van der Waals surface area contributed by atoms with Gasteiger partial charge in [0, 0.05) is 15.5 Å². The zero-order chi connectivity index (χ0) is 18.1. The summed E-state index contributed by atoms with van der Waals surface area (Å²) in [5, 5.41) is 13.6. The van der Waals surface area contributed by atoms with Gasteiger partial charge < -0.3 is 5.11 Å². The van der Waals surface area contributed by atoms with Crippen molar-refractivity contribution in [2.75, 3.05) is 5.75 Å². The van der Waals surface area contributed by atoms with E-state index in [-0.39, 0.29) is 0 Å². The fourth-order valence-corrected chi connectivity index (χ4v) is 5.39. The van der Waals surface area contributed by atoms with Crippen LogP contribution in [-0.2, 0) is 0 Å². The molecule has 0 heterocycles. The van der Waals surface area contributed by atoms with Crippen molar-refractivity contribution in [2.45, 2.75) is 53.9 Å². The third-order valence-electron chi connectivity index (χ3n) is 5.12. The Morgan fingerprint density at radius 3 is 2.35 bits per heavy atom. The summed E-state index contributed by atoms with van der Waals surface area (Å²) in [4.78, 5) is 2.51. The molecule has 0 spiro atoms. The largest absolute Gasteiger partial charge is 0.389 e. The lowest BCUT2D eigenvalue weighted by molar-refractivity contribution is -0.00116. The van der Waals surface area contributed by atoms with Crippen LogP contribution >= 0.6 is 23.5 Å². The number of benzene rings is 2. The van der Waals surface area contributed by atoms with Crippen molar-refractivity contribution in [3.63, 3.8) is 0 Å². The summed E-state index contributed by atoms with van der Waals surface area (Å²) < 4.78 is 0. The van der Waals surface area contributed by atoms with Gasteiger partial charge in [-0.3, -0.25) is 0 Å². The number of rotatable bonds is 7. The van der Waals surface area contributed by atoms with Crippen LogP contribution in [-0.4, -0.2) is 16.5 Å². The fraction of sp³-hybridized carbons (Fsp3) is 0.391. The summed E-state index contributed by atoms with van der Waals surface area (Å²) in [6, 6.07) is 20.9. The molecule has 0 bridgehead atoms. The topological polar surface area (TPSA) is 20.2 Å². The lowest BCUT2D eigenvalue weighted by Crippen LogP contribution is -2.39. The molecular formula is C23H28OS2. The lowest BCUT2D eigenvalue weighted by atomic mass is 9.82. The Balaban J connectivity index is 1.58. The predicted octanol–water partition coefficient (Wildman–Crippen LogP) is 6.79. The average molecular weight is 385 g/mol. The van der Waals surface area contributed by atoms with Gasteiger partial charge >= 0.3 is 0 Å². The molecule has 1 fully saturated rings. The van der Waals surface area contributed by atoms with Crippen molar-refractivity contribution in [2.24, 2.45) is 5.92 Å². The molecule has 2 atom stereocenters. The van der Waals surface area contributed by atoms with Crippen molar-refractivity contribution in [1.29, 1.82) is 0 Å². The molecule has 0 amide bonds. The van der Waals surface area contributed by atoms with E-state index >= 15 is 0 Å². The molecule has 0 saturated heterocycles. The molecule has 0 radical (unpaired) electrons. The van der Waals surface area contributed by atoms with E-state index in [9.17, 15) is 5.11 Å². The maximum atomic E-state index is 11.4. The highest BCUT2D eigenvalue weighted by Crippen LogP contribution is 2.39. The first-order valence-corrected chi connectivity index (χ1v) is 11.4. The first-order chi connectivity index (χ1) is 12.8. The molecule has 1 nitrogen and oxygen atoms in total. The maximum absolute atomic E-state index is 11.4. The Bertz CT molecular complexity index is 671. The molecule has 1 N–H and O–H groups in total. The van der Waals surface area contributed by atoms with Gasteiger partial charge in [-0.1, -0.05) is 73.5 Å². The third-order valence-corrected chi connectivity index (χ3v) is 7.24. The second kappa shape index (κ2) is 10.2. The van der Waals surface area contributed by atoms with Crippen LogP contribution < -0.4 is 0 Å². The van der Waals surface area contributed by atoms with E-state index in [0.29, 0.717) is 5.92 Å². The zero-order valence-electron chi connectivity index (χ0n) is 15.2. The second-order valence-electron chi connectivity index (χ2n) is 7.04. The molecule has 2 aromatic carbocycles. The van der Waals surface area contributed by atoms with Gasteiger partial charge in [-0.15, -0.1) is 11.8 Å². The number of allylic oxidation sites excluding steroid dienone is 1. The summed E-state index contributed by atoms with van der Waals surface area (Å²) in [6.07, 6.45) is 8.91. The standard InChI is InChI=1S/C23H28OS2/c24-23(19-26-22-15-7-2-8-16-22)17-9-3-4-11-20(23)12-10-18-25-21-13-5-1-6-14-21/h1-2,5-8,10,13-16,18,20,24H,3-4,9,11-12,17,19H2/b18-10+/t20-,23+/m1/s1. The van der Waals surface area contributed by atoms with E-state index in [1.807, 2.05) is 12.1 Å². The van der Waals surface area contributed by atoms with Crippen LogP contribution in [0.5, 0.6) is 0 Å². The predicted molar refractivity (Wildman–Crippen MR) is 115 cm³/mol. The van der Waals surface area contributed by atoms with E-state index in [0.717, 1.165) is 31.4 Å². The van der Waals surface area contributed by atoms with Gasteiger partial charge in [-0.2, -0.15) is 0 Å². The van der Waals surface area contributed by atoms with E-state index in [2.05, 4.69) is 60.0 Å². The normalized spacial score (nSPS) is 23.8. The van der Waals surface area contributed by atoms with Crippen LogP contribution in [0.1, 0.15) is 38.5 Å². The molecule has 3 rings (SSSR count). The molecule has 0 aromatic heterocycles. The molecule has 26 heavy (non-hydrogen) atoms. The summed E-state index contributed by atoms with van der Waals surface area (Å²) in [7, 11) is 0. The highest BCUT2D eigenvalue weighted by molar-refractivity contribution is 8.02. The molecular weight excluding hydrogens is 356 g/mol. The molecule has 0 unspecified atom stereocenters. The van der Waals surface area contributed by atoms with Crippen LogP contribution in [0, 0.1) is 5.92 Å². The van der Waals surface area contributed by atoms with Crippen molar-refractivity contribution in [1.82, 2.24) is 0 Å². The van der Waals surface area contributed by atoms with Gasteiger partial charge in [-0.25, -0.2) is 0 Å². The average Bonchev–Trinajstić information content (AvgIpc) is 2.87. The third kappa shape index (κ3) is 5.94. The first-order valence-electron chi connectivity index (χ1n) is 9.53. The Hall–Kier alpha value is -1.16. The smallest absolute Gasteiger partial charge is 0.0772 e. The monoisotopic (exact) mass is 384 g/mol. The highest BCUT2D eigenvalue weighted by Gasteiger charge is 2.36. The summed E-state index contributed by atoms with van der Waals surface area (Å²) >= 11 is 3.55. The van der Waals surface area contributed by atoms with Gasteiger partial charge in [0.2, 0.25) is 0 Å². The van der Waals surface area contributed by atoms with Gasteiger partial charge in [0.15, 0.2) is 0 Å². The summed E-state index contributed by atoms with van der Waals surface area (Å²) in [5.41, 5.74) is -0.557. The maximum Gasteiger partial charge on any atom is 0.0772 e. The molecule has 0 aliphatic heterocycles. The van der Waals surface area contributed by atoms with Crippen LogP contribution in [0.3, 0.4) is 0 Å². The van der Waals surface area contributed by atoms with Crippen molar-refractivity contribution >= 4 is 23.5 Å². The van der Waals surface area contributed by atoms with Crippen LogP contribution in [0.15, 0.2) is 81.9 Å². The molecule has 3 heteroatoms. The van der Waals surface area contributed by atoms with E-state index < -0.39 is 5.60 Å². The van der Waals surface area contributed by atoms with Crippen molar-refractivity contribution in [3.8, 4) is 0 Å². The van der Waals surface area contributed by atoms with Gasteiger partial charge in [0.05, 0.1) is 5.60 Å². The highest BCUT2D eigenvalue weighted by atomic mass is 32.2. The molecule has 1 aliphatic carbocycles. The Morgan fingerprint density at radius 1 is 0.923 bits per heavy atom. The minimum absolute atomic E-state index is 0.355. The Labute approximate surface area is 166 Å². The zero-order valence-corrected chi connectivity index (χ0v) is 16.9. The Kier molecular flexibility index (Phi) is 7.72. The van der Waals surface area contributed by atoms with E-state index in [4.69, 9.17) is 0 Å². The summed E-state index contributed by atoms with van der Waals surface area (Å²) in [5.74, 6) is 1.15. The first kappa shape index (κ1) is 19.6. The fourth-order valence-electron chi connectivity index (χ4n) is 3.57. The minimum Gasteiger partial charge on any atom is -0.389 e. The van der Waals surface area contributed by atoms with Gasteiger partial charge in [0.25, 0.3) is 0 Å². The second-order valence-corrected chi connectivity index (χ2v) is 9.07. The Morgan fingerprint density at radius 2 is 1.62 bits per heavy atom. The molecule has 1 aliphatic rings. The molecule has 1 saturated carbocycles. The minimum atomic E-state index is -0.557. The van der Waals surface area contributed by atoms with Crippen LogP contribution in [0.25, 0.3) is 0 Å². The molecule has 138 valence electrons.